The summed E-state index contributed by atoms with van der Waals surface area (Å²) in [5.74, 6) is 0.816. The average Bonchev–Trinajstić information content (AvgIpc) is 3.05. The van der Waals surface area contributed by atoms with E-state index < -0.39 is 0 Å². The summed E-state index contributed by atoms with van der Waals surface area (Å²) in [4.78, 5) is 25.7. The standard InChI is InChI=1S/C21H31N3O3/c1-16-6-2-3-9-19(16)27-13-11-22-21(26)23-18-8-4-7-17(14-18)15-24-12-5-10-20(24)25/h4,7-8,14,16,19H,2-3,5-6,9-13,15H2,1H3,(H2,22,23,26)/t16-,19-/m0/s1. The lowest BCUT2D eigenvalue weighted by atomic mass is 9.88. The molecule has 6 heteroatoms. The number of benzene rings is 1. The lowest BCUT2D eigenvalue weighted by Crippen LogP contribution is -2.34. The van der Waals surface area contributed by atoms with Crippen LogP contribution in [0.5, 0.6) is 0 Å². The highest BCUT2D eigenvalue weighted by molar-refractivity contribution is 5.89. The molecule has 3 amide bonds. The van der Waals surface area contributed by atoms with E-state index in [1.54, 1.807) is 0 Å². The van der Waals surface area contributed by atoms with Gasteiger partial charge in [0.15, 0.2) is 0 Å². The Hall–Kier alpha value is -2.08. The number of hydrogen-bond donors (Lipinski definition) is 2. The number of nitrogens with one attached hydrogen (secondary N) is 2. The van der Waals surface area contributed by atoms with E-state index in [2.05, 4.69) is 17.6 Å². The molecule has 1 saturated carbocycles. The van der Waals surface area contributed by atoms with Crippen LogP contribution in [0.1, 0.15) is 51.0 Å². The third kappa shape index (κ3) is 5.96. The number of anilines is 1. The molecule has 148 valence electrons. The number of likely N-dealkylation sites (tertiary alicyclic amines) is 1. The maximum absolute atomic E-state index is 12.1. The van der Waals surface area contributed by atoms with Crippen molar-refractivity contribution in [2.24, 2.45) is 5.92 Å². The summed E-state index contributed by atoms with van der Waals surface area (Å²) < 4.78 is 5.92. The smallest absolute Gasteiger partial charge is 0.319 e. The molecular weight excluding hydrogens is 342 g/mol. The van der Waals surface area contributed by atoms with Crippen LogP contribution >= 0.6 is 0 Å². The van der Waals surface area contributed by atoms with Gasteiger partial charge in [-0.2, -0.15) is 0 Å². The fourth-order valence-corrected chi connectivity index (χ4v) is 3.92. The summed E-state index contributed by atoms with van der Waals surface area (Å²) in [5, 5.41) is 5.70. The molecule has 0 radical (unpaired) electrons. The molecule has 1 saturated heterocycles. The number of urea groups is 1. The van der Waals surface area contributed by atoms with Crippen molar-refractivity contribution in [2.75, 3.05) is 25.0 Å². The van der Waals surface area contributed by atoms with Gasteiger partial charge in [-0.1, -0.05) is 31.9 Å². The van der Waals surface area contributed by atoms with E-state index >= 15 is 0 Å². The Labute approximate surface area is 161 Å². The number of hydrogen-bond acceptors (Lipinski definition) is 3. The average molecular weight is 373 g/mol. The maximum Gasteiger partial charge on any atom is 0.319 e. The third-order valence-electron chi connectivity index (χ3n) is 5.48. The van der Waals surface area contributed by atoms with Gasteiger partial charge in [0.1, 0.15) is 0 Å². The first-order valence-electron chi connectivity index (χ1n) is 10.1. The van der Waals surface area contributed by atoms with Crippen molar-refractivity contribution in [3.63, 3.8) is 0 Å². The number of rotatable bonds is 7. The summed E-state index contributed by atoms with van der Waals surface area (Å²) >= 11 is 0. The minimum atomic E-state index is -0.232. The molecule has 2 atom stereocenters. The van der Waals surface area contributed by atoms with Crippen molar-refractivity contribution in [1.29, 1.82) is 0 Å². The monoisotopic (exact) mass is 373 g/mol. The first-order valence-corrected chi connectivity index (χ1v) is 10.1. The second-order valence-electron chi connectivity index (χ2n) is 7.67. The molecule has 1 aromatic rings. The van der Waals surface area contributed by atoms with E-state index in [1.165, 1.54) is 19.3 Å². The van der Waals surface area contributed by atoms with Gasteiger partial charge in [0.25, 0.3) is 0 Å². The zero-order valence-electron chi connectivity index (χ0n) is 16.2. The first kappa shape index (κ1) is 19.7. The van der Waals surface area contributed by atoms with Crippen LogP contribution in [0.2, 0.25) is 0 Å². The molecule has 2 N–H and O–H groups in total. The summed E-state index contributed by atoms with van der Waals surface area (Å²) in [7, 11) is 0. The molecule has 6 nitrogen and oxygen atoms in total. The van der Waals surface area contributed by atoms with Gasteiger partial charge in [-0.3, -0.25) is 4.79 Å². The van der Waals surface area contributed by atoms with E-state index in [0.717, 1.165) is 30.6 Å². The van der Waals surface area contributed by atoms with Crippen LogP contribution in [0.15, 0.2) is 24.3 Å². The Morgan fingerprint density at radius 1 is 1.26 bits per heavy atom. The van der Waals surface area contributed by atoms with E-state index in [4.69, 9.17) is 4.74 Å². The molecule has 1 aliphatic heterocycles. The van der Waals surface area contributed by atoms with Crippen LogP contribution < -0.4 is 10.6 Å². The molecule has 0 unspecified atom stereocenters. The van der Waals surface area contributed by atoms with Gasteiger partial charge in [-0.25, -0.2) is 4.79 Å². The SMILES string of the molecule is C[C@H]1CCCC[C@@H]1OCCNC(=O)Nc1cccc(CN2CCCC2=O)c1. The quantitative estimate of drug-likeness (QED) is 0.719. The minimum Gasteiger partial charge on any atom is -0.376 e. The van der Waals surface area contributed by atoms with Crippen molar-refractivity contribution in [3.05, 3.63) is 29.8 Å². The van der Waals surface area contributed by atoms with Crippen molar-refractivity contribution in [1.82, 2.24) is 10.2 Å². The topological polar surface area (TPSA) is 70.7 Å². The molecule has 0 aromatic heterocycles. The zero-order valence-corrected chi connectivity index (χ0v) is 16.2. The van der Waals surface area contributed by atoms with Gasteiger partial charge in [-0.05, 0) is 42.9 Å². The van der Waals surface area contributed by atoms with Gasteiger partial charge < -0.3 is 20.3 Å². The molecular formula is C21H31N3O3. The number of ether oxygens (including phenoxy) is 1. The van der Waals surface area contributed by atoms with E-state index in [9.17, 15) is 9.59 Å². The van der Waals surface area contributed by atoms with Gasteiger partial charge in [0.2, 0.25) is 5.91 Å². The molecule has 0 spiro atoms. The van der Waals surface area contributed by atoms with Crippen LogP contribution in [-0.4, -0.2) is 42.6 Å². The Kier molecular flexibility index (Phi) is 7.10. The van der Waals surface area contributed by atoms with Crippen molar-refractivity contribution < 1.29 is 14.3 Å². The number of amides is 3. The van der Waals surface area contributed by atoms with E-state index in [-0.39, 0.29) is 11.9 Å². The Balaban J connectivity index is 1.38. The second kappa shape index (κ2) is 9.74. The lowest BCUT2D eigenvalue weighted by Gasteiger charge is -2.28. The maximum atomic E-state index is 12.1. The number of nitrogens with zero attached hydrogens (tertiary/aromatic N) is 1. The third-order valence-corrected chi connectivity index (χ3v) is 5.48. The fraction of sp³-hybridized carbons (Fsp3) is 0.619. The molecule has 1 aliphatic carbocycles. The fourth-order valence-electron chi connectivity index (χ4n) is 3.92. The predicted molar refractivity (Wildman–Crippen MR) is 105 cm³/mol. The zero-order chi connectivity index (χ0) is 19.1. The van der Waals surface area contributed by atoms with E-state index in [1.807, 2.05) is 29.2 Å². The largest absolute Gasteiger partial charge is 0.376 e. The van der Waals surface area contributed by atoms with Crippen LogP contribution in [0.4, 0.5) is 10.5 Å². The second-order valence-corrected chi connectivity index (χ2v) is 7.67. The summed E-state index contributed by atoms with van der Waals surface area (Å²) in [6.45, 7) is 4.70. The normalized spacial score (nSPS) is 22.7. The Bertz CT molecular complexity index is 649. The highest BCUT2D eigenvalue weighted by atomic mass is 16.5. The van der Waals surface area contributed by atoms with Gasteiger partial charge in [-0.15, -0.1) is 0 Å². The van der Waals surface area contributed by atoms with Crippen LogP contribution in [0, 0.1) is 5.92 Å². The van der Waals surface area contributed by atoms with Crippen molar-refractivity contribution >= 4 is 17.6 Å². The first-order chi connectivity index (χ1) is 13.1. The van der Waals surface area contributed by atoms with Crippen molar-refractivity contribution in [3.8, 4) is 0 Å². The molecule has 27 heavy (non-hydrogen) atoms. The summed E-state index contributed by atoms with van der Waals surface area (Å²) in [5.41, 5.74) is 1.76. The Morgan fingerprint density at radius 3 is 2.89 bits per heavy atom. The summed E-state index contributed by atoms with van der Waals surface area (Å²) in [6.07, 6.45) is 6.80. The highest BCUT2D eigenvalue weighted by Crippen LogP contribution is 2.26. The predicted octanol–water partition coefficient (Wildman–Crippen LogP) is 3.53. The van der Waals surface area contributed by atoms with E-state index in [0.29, 0.717) is 38.1 Å². The molecule has 3 rings (SSSR count). The lowest BCUT2D eigenvalue weighted by molar-refractivity contribution is -0.128. The number of carbonyl (C=O) groups excluding carboxylic acids is 2. The molecule has 0 bridgehead atoms. The van der Waals surface area contributed by atoms with Crippen LogP contribution in [0.3, 0.4) is 0 Å². The highest BCUT2D eigenvalue weighted by Gasteiger charge is 2.22. The van der Waals surface area contributed by atoms with Gasteiger partial charge in [0, 0.05) is 31.7 Å². The molecule has 2 aliphatic rings. The number of carbonyl (C=O) groups is 2. The Morgan fingerprint density at radius 2 is 2.11 bits per heavy atom. The van der Waals surface area contributed by atoms with Gasteiger partial charge >= 0.3 is 6.03 Å². The van der Waals surface area contributed by atoms with Crippen LogP contribution in [0.25, 0.3) is 0 Å². The molecule has 2 fully saturated rings. The summed E-state index contributed by atoms with van der Waals surface area (Å²) in [6, 6.07) is 7.43. The molecule has 1 aromatic carbocycles. The van der Waals surface area contributed by atoms with Crippen LogP contribution in [-0.2, 0) is 16.1 Å². The van der Waals surface area contributed by atoms with Gasteiger partial charge in [0.05, 0.1) is 12.7 Å². The molecule has 1 heterocycles. The minimum absolute atomic E-state index is 0.207. The van der Waals surface area contributed by atoms with Crippen molar-refractivity contribution in [2.45, 2.75) is 58.1 Å².